The lowest BCUT2D eigenvalue weighted by molar-refractivity contribution is 0.0592. The second-order valence-corrected chi connectivity index (χ2v) is 5.78. The molecule has 0 N–H and O–H groups in total. The molecule has 0 bridgehead atoms. The Kier molecular flexibility index (Phi) is 5.38. The fourth-order valence-corrected chi connectivity index (χ4v) is 2.83. The summed E-state index contributed by atoms with van der Waals surface area (Å²) in [6.07, 6.45) is 0.701. The Morgan fingerprint density at radius 3 is 2.67 bits per heavy atom. The summed E-state index contributed by atoms with van der Waals surface area (Å²) in [5.74, 6) is 0.448. The molecule has 112 valence electrons. The van der Waals surface area contributed by atoms with Gasteiger partial charge in [-0.15, -0.1) is 16.9 Å². The van der Waals surface area contributed by atoms with Crippen LogP contribution in [-0.2, 0) is 17.7 Å². The minimum atomic E-state index is -0.427. The SMILES string of the molecule is CCc1c(C(=O)OC)nnn1CCSc1ccc(C)cc1. The first-order chi connectivity index (χ1) is 10.2. The summed E-state index contributed by atoms with van der Waals surface area (Å²) >= 11 is 1.76. The van der Waals surface area contributed by atoms with Crippen molar-refractivity contribution in [1.29, 1.82) is 0 Å². The average Bonchev–Trinajstić information content (AvgIpc) is 2.91. The molecule has 6 heteroatoms. The van der Waals surface area contributed by atoms with Crippen LogP contribution in [0.15, 0.2) is 29.2 Å². The fraction of sp³-hybridized carbons (Fsp3) is 0.400. The van der Waals surface area contributed by atoms with E-state index in [0.29, 0.717) is 18.7 Å². The third-order valence-corrected chi connectivity index (χ3v) is 4.14. The number of benzene rings is 1. The van der Waals surface area contributed by atoms with E-state index in [2.05, 4.69) is 41.5 Å². The zero-order valence-corrected chi connectivity index (χ0v) is 13.3. The van der Waals surface area contributed by atoms with E-state index >= 15 is 0 Å². The number of rotatable bonds is 6. The van der Waals surface area contributed by atoms with Crippen LogP contribution in [0, 0.1) is 6.92 Å². The third kappa shape index (κ3) is 3.85. The van der Waals surface area contributed by atoms with Crippen LogP contribution in [0.5, 0.6) is 0 Å². The topological polar surface area (TPSA) is 57.0 Å². The van der Waals surface area contributed by atoms with E-state index in [1.54, 1.807) is 16.4 Å². The Morgan fingerprint density at radius 2 is 2.05 bits per heavy atom. The van der Waals surface area contributed by atoms with Crippen LogP contribution in [0.3, 0.4) is 0 Å². The van der Waals surface area contributed by atoms with Gasteiger partial charge in [0, 0.05) is 10.6 Å². The van der Waals surface area contributed by atoms with E-state index in [1.165, 1.54) is 17.6 Å². The Labute approximate surface area is 128 Å². The van der Waals surface area contributed by atoms with Gasteiger partial charge in [0.15, 0.2) is 5.69 Å². The number of methoxy groups -OCH3 is 1. The van der Waals surface area contributed by atoms with Crippen molar-refractivity contribution in [2.45, 2.75) is 31.7 Å². The summed E-state index contributed by atoms with van der Waals surface area (Å²) in [7, 11) is 1.36. The Balaban J connectivity index is 1.98. The van der Waals surface area contributed by atoms with Crippen molar-refractivity contribution in [3.63, 3.8) is 0 Å². The maximum Gasteiger partial charge on any atom is 0.360 e. The Bertz CT molecular complexity index is 608. The largest absolute Gasteiger partial charge is 0.464 e. The van der Waals surface area contributed by atoms with Gasteiger partial charge in [-0.3, -0.25) is 0 Å². The first-order valence-corrected chi connectivity index (χ1v) is 7.84. The molecular weight excluding hydrogens is 286 g/mol. The van der Waals surface area contributed by atoms with Crippen molar-refractivity contribution < 1.29 is 9.53 Å². The number of carbonyl (C=O) groups excluding carboxylic acids is 1. The highest BCUT2D eigenvalue weighted by Gasteiger charge is 2.18. The molecule has 0 saturated carbocycles. The fourth-order valence-electron chi connectivity index (χ4n) is 2.00. The lowest BCUT2D eigenvalue weighted by Gasteiger charge is -2.06. The molecule has 0 atom stereocenters. The summed E-state index contributed by atoms with van der Waals surface area (Å²) in [6, 6.07) is 8.43. The monoisotopic (exact) mass is 305 g/mol. The van der Waals surface area contributed by atoms with Crippen LogP contribution in [0.4, 0.5) is 0 Å². The summed E-state index contributed by atoms with van der Waals surface area (Å²) in [5, 5.41) is 7.98. The minimum absolute atomic E-state index is 0.320. The van der Waals surface area contributed by atoms with Gasteiger partial charge >= 0.3 is 5.97 Å². The second kappa shape index (κ2) is 7.26. The van der Waals surface area contributed by atoms with Gasteiger partial charge in [-0.05, 0) is 25.5 Å². The lowest BCUT2D eigenvalue weighted by atomic mass is 10.2. The molecule has 5 nitrogen and oxygen atoms in total. The van der Waals surface area contributed by atoms with E-state index in [1.807, 2.05) is 6.92 Å². The second-order valence-electron chi connectivity index (χ2n) is 4.61. The number of aromatic nitrogens is 3. The van der Waals surface area contributed by atoms with Crippen LogP contribution >= 0.6 is 11.8 Å². The minimum Gasteiger partial charge on any atom is -0.464 e. The smallest absolute Gasteiger partial charge is 0.360 e. The van der Waals surface area contributed by atoms with Crippen molar-refractivity contribution in [3.05, 3.63) is 41.2 Å². The Hall–Kier alpha value is -1.82. The van der Waals surface area contributed by atoms with Gasteiger partial charge in [0.25, 0.3) is 0 Å². The molecule has 0 aliphatic heterocycles. The van der Waals surface area contributed by atoms with Gasteiger partial charge in [-0.2, -0.15) is 0 Å². The Morgan fingerprint density at radius 1 is 1.33 bits per heavy atom. The number of ether oxygens (including phenoxy) is 1. The van der Waals surface area contributed by atoms with Crippen LogP contribution in [0.1, 0.15) is 28.7 Å². The summed E-state index contributed by atoms with van der Waals surface area (Å²) < 4.78 is 6.50. The average molecular weight is 305 g/mol. The molecule has 0 amide bonds. The van der Waals surface area contributed by atoms with Gasteiger partial charge in [0.2, 0.25) is 0 Å². The van der Waals surface area contributed by atoms with Crippen LogP contribution in [0.25, 0.3) is 0 Å². The number of thioether (sulfide) groups is 1. The molecule has 1 aromatic heterocycles. The summed E-state index contributed by atoms with van der Waals surface area (Å²) in [4.78, 5) is 12.8. The van der Waals surface area contributed by atoms with Crippen LogP contribution in [-0.4, -0.2) is 33.8 Å². The molecular formula is C15H19N3O2S. The number of carbonyl (C=O) groups is 1. The summed E-state index contributed by atoms with van der Waals surface area (Å²) in [5.41, 5.74) is 2.40. The number of aryl methyl sites for hydroxylation is 2. The number of hydrogen-bond donors (Lipinski definition) is 0. The highest BCUT2D eigenvalue weighted by atomic mass is 32.2. The molecule has 21 heavy (non-hydrogen) atoms. The van der Waals surface area contributed by atoms with Gasteiger partial charge in [0.05, 0.1) is 19.3 Å². The van der Waals surface area contributed by atoms with Gasteiger partial charge in [0.1, 0.15) is 0 Å². The first kappa shape index (κ1) is 15.6. The lowest BCUT2D eigenvalue weighted by Crippen LogP contribution is -2.10. The zero-order chi connectivity index (χ0) is 15.2. The summed E-state index contributed by atoms with van der Waals surface area (Å²) in [6.45, 7) is 4.77. The van der Waals surface area contributed by atoms with E-state index in [9.17, 15) is 4.79 Å². The van der Waals surface area contributed by atoms with Crippen molar-refractivity contribution in [3.8, 4) is 0 Å². The van der Waals surface area contributed by atoms with E-state index in [4.69, 9.17) is 4.74 Å². The highest BCUT2D eigenvalue weighted by molar-refractivity contribution is 7.99. The number of hydrogen-bond acceptors (Lipinski definition) is 5. The van der Waals surface area contributed by atoms with E-state index in [0.717, 1.165) is 11.4 Å². The van der Waals surface area contributed by atoms with Gasteiger partial charge < -0.3 is 4.74 Å². The molecule has 1 aromatic carbocycles. The third-order valence-electron chi connectivity index (χ3n) is 3.14. The molecule has 0 unspecified atom stereocenters. The van der Waals surface area contributed by atoms with E-state index < -0.39 is 5.97 Å². The number of nitrogens with zero attached hydrogens (tertiary/aromatic N) is 3. The molecule has 0 aliphatic rings. The zero-order valence-electron chi connectivity index (χ0n) is 12.5. The standard InChI is InChI=1S/C15H19N3O2S/c1-4-13-14(15(19)20-3)16-17-18(13)9-10-21-12-7-5-11(2)6-8-12/h5-8H,4,9-10H2,1-3H3. The van der Waals surface area contributed by atoms with Gasteiger partial charge in [-0.1, -0.05) is 29.8 Å². The van der Waals surface area contributed by atoms with Crippen molar-refractivity contribution in [2.24, 2.45) is 0 Å². The quantitative estimate of drug-likeness (QED) is 0.606. The highest BCUT2D eigenvalue weighted by Crippen LogP contribution is 2.19. The van der Waals surface area contributed by atoms with Crippen LogP contribution < -0.4 is 0 Å². The molecule has 0 radical (unpaired) electrons. The molecule has 0 aliphatic carbocycles. The molecule has 0 spiro atoms. The van der Waals surface area contributed by atoms with Crippen molar-refractivity contribution >= 4 is 17.7 Å². The normalized spacial score (nSPS) is 10.6. The maximum absolute atomic E-state index is 11.6. The molecule has 0 saturated heterocycles. The molecule has 2 rings (SSSR count). The van der Waals surface area contributed by atoms with Crippen molar-refractivity contribution in [2.75, 3.05) is 12.9 Å². The molecule has 2 aromatic rings. The van der Waals surface area contributed by atoms with Crippen LogP contribution in [0.2, 0.25) is 0 Å². The predicted molar refractivity (Wildman–Crippen MR) is 82.6 cm³/mol. The molecule has 0 fully saturated rings. The van der Waals surface area contributed by atoms with Gasteiger partial charge in [-0.25, -0.2) is 9.48 Å². The number of esters is 1. The first-order valence-electron chi connectivity index (χ1n) is 6.85. The molecule has 1 heterocycles. The maximum atomic E-state index is 11.6. The predicted octanol–water partition coefficient (Wildman–Crippen LogP) is 2.73. The van der Waals surface area contributed by atoms with E-state index in [-0.39, 0.29) is 0 Å². The van der Waals surface area contributed by atoms with Crippen molar-refractivity contribution in [1.82, 2.24) is 15.0 Å².